The van der Waals surface area contributed by atoms with Gasteiger partial charge in [0.05, 0.1) is 22.4 Å². The van der Waals surface area contributed by atoms with Gasteiger partial charge in [0.2, 0.25) is 0 Å². The first-order chi connectivity index (χ1) is 26.7. The highest BCUT2D eigenvalue weighted by Crippen LogP contribution is 2.50. The molecule has 0 bridgehead atoms. The monoisotopic (exact) mass is 695 g/mol. The summed E-state index contributed by atoms with van der Waals surface area (Å²) in [5, 5.41) is 14.9. The number of anilines is 1. The van der Waals surface area contributed by atoms with Gasteiger partial charge < -0.3 is 9.67 Å². The molecule has 3 heterocycles. The average molecular weight is 696 g/mol. The molecule has 0 radical (unpaired) electrons. The minimum absolute atomic E-state index is 0.248. The molecule has 1 N–H and O–H groups in total. The number of nitrogens with zero attached hydrogens (tertiary/aromatic N) is 3. The van der Waals surface area contributed by atoms with Gasteiger partial charge in [0, 0.05) is 45.4 Å². The maximum absolute atomic E-state index is 14.9. The molecule has 10 rings (SSSR count). The highest BCUT2D eigenvalue weighted by Gasteiger charge is 2.41. The molecule has 7 aromatic carbocycles. The number of benzene rings is 7. The molecule has 0 spiro atoms. The number of amides is 1. The summed E-state index contributed by atoms with van der Waals surface area (Å²) in [6, 6.07) is 59.4. The van der Waals surface area contributed by atoms with Gasteiger partial charge in [-0.15, -0.1) is 0 Å². The second-order valence-electron chi connectivity index (χ2n) is 13.6. The Kier molecular flexibility index (Phi) is 7.53. The normalized spacial score (nSPS) is 13.8. The Balaban J connectivity index is 1.21. The largest absolute Gasteiger partial charge is 0.369 e. The first-order valence-corrected chi connectivity index (χ1v) is 18.1. The van der Waals surface area contributed by atoms with Crippen LogP contribution in [0, 0.1) is 0 Å². The van der Waals surface area contributed by atoms with Gasteiger partial charge in [-0.25, -0.2) is 0 Å². The first-order valence-electron chi connectivity index (χ1n) is 18.1. The molecule has 5 heteroatoms. The molecule has 0 fully saturated rings. The Morgan fingerprint density at radius 3 is 1.70 bits per heavy atom. The molecule has 2 aromatic heterocycles. The Morgan fingerprint density at radius 2 is 1.04 bits per heavy atom. The SMILES string of the molecule is O=C1c2cccc(-n3c4ccccc4c4cc(-c5ccncc5)ccc43)c2C(O)N1c1c(-c2ccccc2)cc(-c2ccccc2)cc1-c1ccccc1. The van der Waals surface area contributed by atoms with E-state index in [1.807, 2.05) is 103 Å². The summed E-state index contributed by atoms with van der Waals surface area (Å²) in [6.07, 6.45) is 2.35. The first kappa shape index (κ1) is 31.6. The van der Waals surface area contributed by atoms with Crippen molar-refractivity contribution < 1.29 is 9.90 Å². The third-order valence-corrected chi connectivity index (χ3v) is 10.6. The predicted octanol–water partition coefficient (Wildman–Crippen LogP) is 11.5. The van der Waals surface area contributed by atoms with Gasteiger partial charge in [0.15, 0.2) is 6.23 Å². The molecule has 1 unspecified atom stereocenters. The molecule has 0 aliphatic carbocycles. The summed E-state index contributed by atoms with van der Waals surface area (Å²) in [6.45, 7) is 0. The third kappa shape index (κ3) is 5.06. The molecular weight excluding hydrogens is 663 g/mol. The number of aromatic nitrogens is 2. The van der Waals surface area contributed by atoms with Gasteiger partial charge in [0.1, 0.15) is 0 Å². The number of carbonyl (C=O) groups excluding carboxylic acids is 1. The Hall–Kier alpha value is -7.08. The van der Waals surface area contributed by atoms with Crippen molar-refractivity contribution >= 4 is 33.4 Å². The molecular formula is C49H33N3O2. The summed E-state index contributed by atoms with van der Waals surface area (Å²) < 4.78 is 2.19. The van der Waals surface area contributed by atoms with Gasteiger partial charge in [0.25, 0.3) is 5.91 Å². The predicted molar refractivity (Wildman–Crippen MR) is 219 cm³/mol. The van der Waals surface area contributed by atoms with Gasteiger partial charge >= 0.3 is 0 Å². The lowest BCUT2D eigenvalue weighted by Crippen LogP contribution is -2.29. The second kappa shape index (κ2) is 12.8. The summed E-state index contributed by atoms with van der Waals surface area (Å²) >= 11 is 0. The van der Waals surface area contributed by atoms with E-state index < -0.39 is 6.23 Å². The summed E-state index contributed by atoms with van der Waals surface area (Å²) in [7, 11) is 0. The molecule has 54 heavy (non-hydrogen) atoms. The highest BCUT2D eigenvalue weighted by molar-refractivity contribution is 6.16. The van der Waals surface area contributed by atoms with Crippen molar-refractivity contribution in [1.29, 1.82) is 0 Å². The topological polar surface area (TPSA) is 58.4 Å². The van der Waals surface area contributed by atoms with Gasteiger partial charge in [-0.05, 0) is 88.0 Å². The number of aliphatic hydroxyl groups excluding tert-OH is 1. The van der Waals surface area contributed by atoms with Crippen LogP contribution in [0.25, 0.3) is 72.0 Å². The Labute approximate surface area is 312 Å². The maximum atomic E-state index is 14.9. The molecule has 9 aromatic rings. The van der Waals surface area contributed by atoms with E-state index in [9.17, 15) is 9.90 Å². The van der Waals surface area contributed by atoms with Crippen molar-refractivity contribution in [3.8, 4) is 50.2 Å². The average Bonchev–Trinajstić information content (AvgIpc) is 3.71. The Morgan fingerprint density at radius 1 is 0.463 bits per heavy atom. The molecule has 0 saturated heterocycles. The van der Waals surface area contributed by atoms with Crippen molar-refractivity contribution in [2.24, 2.45) is 0 Å². The molecule has 1 amide bonds. The van der Waals surface area contributed by atoms with Crippen molar-refractivity contribution in [2.75, 3.05) is 4.90 Å². The molecule has 0 saturated carbocycles. The standard InChI is InChI=1S/C49H33N3O2/c53-48-39-20-12-22-45(51-43-21-11-10-19-38(43)42-29-36(23-24-44(42)51)33-25-27-50-28-26-33)46(39)49(54)52(48)47-40(34-15-6-2-7-16-34)30-37(32-13-4-1-5-14-32)31-41(47)35-17-8-3-9-18-35/h1-31,49,54H. The van der Waals surface area contributed by atoms with E-state index in [1.165, 1.54) is 0 Å². The van der Waals surface area contributed by atoms with Crippen LogP contribution >= 0.6 is 0 Å². The van der Waals surface area contributed by atoms with E-state index in [0.717, 1.165) is 72.0 Å². The van der Waals surface area contributed by atoms with E-state index in [4.69, 9.17) is 0 Å². The van der Waals surface area contributed by atoms with E-state index in [0.29, 0.717) is 16.8 Å². The maximum Gasteiger partial charge on any atom is 0.261 e. The van der Waals surface area contributed by atoms with Crippen molar-refractivity contribution in [1.82, 2.24) is 9.55 Å². The number of hydrogen-bond donors (Lipinski definition) is 1. The van der Waals surface area contributed by atoms with Crippen LogP contribution in [0.15, 0.2) is 188 Å². The summed E-state index contributed by atoms with van der Waals surface area (Å²) in [5.41, 5.74) is 12.3. The molecule has 256 valence electrons. The lowest BCUT2D eigenvalue weighted by atomic mass is 9.90. The summed E-state index contributed by atoms with van der Waals surface area (Å²) in [5.74, 6) is -0.248. The van der Waals surface area contributed by atoms with Crippen LogP contribution in [0.5, 0.6) is 0 Å². The lowest BCUT2D eigenvalue weighted by molar-refractivity contribution is 0.0935. The number of rotatable bonds is 6. The quantitative estimate of drug-likeness (QED) is 0.188. The molecule has 1 aliphatic rings. The van der Waals surface area contributed by atoms with Gasteiger partial charge in [-0.1, -0.05) is 121 Å². The zero-order valence-electron chi connectivity index (χ0n) is 29.2. The number of aliphatic hydroxyl groups is 1. The van der Waals surface area contributed by atoms with Crippen LogP contribution in [0.3, 0.4) is 0 Å². The van der Waals surface area contributed by atoms with E-state index in [-0.39, 0.29) is 5.91 Å². The van der Waals surface area contributed by atoms with Crippen LogP contribution in [-0.4, -0.2) is 20.6 Å². The lowest BCUT2D eigenvalue weighted by Gasteiger charge is -2.28. The van der Waals surface area contributed by atoms with Crippen LogP contribution < -0.4 is 4.90 Å². The number of fused-ring (bicyclic) bond motifs is 4. The third-order valence-electron chi connectivity index (χ3n) is 10.6. The van der Waals surface area contributed by atoms with E-state index in [2.05, 4.69) is 94.5 Å². The second-order valence-corrected chi connectivity index (χ2v) is 13.6. The zero-order chi connectivity index (χ0) is 36.2. The minimum Gasteiger partial charge on any atom is -0.369 e. The fraction of sp³-hybridized carbons (Fsp3) is 0.0204. The zero-order valence-corrected chi connectivity index (χ0v) is 29.2. The smallest absolute Gasteiger partial charge is 0.261 e. The van der Waals surface area contributed by atoms with Crippen molar-refractivity contribution in [3.05, 3.63) is 199 Å². The fourth-order valence-corrected chi connectivity index (χ4v) is 8.12. The number of pyridine rings is 1. The number of hydrogen-bond acceptors (Lipinski definition) is 3. The van der Waals surface area contributed by atoms with Gasteiger partial charge in [-0.2, -0.15) is 0 Å². The number of para-hydroxylation sites is 1. The molecule has 5 nitrogen and oxygen atoms in total. The Bertz CT molecular complexity index is 2790. The van der Waals surface area contributed by atoms with Crippen LogP contribution in [-0.2, 0) is 0 Å². The summed E-state index contributed by atoms with van der Waals surface area (Å²) in [4.78, 5) is 20.7. The van der Waals surface area contributed by atoms with Gasteiger partial charge in [-0.3, -0.25) is 14.7 Å². The fourth-order valence-electron chi connectivity index (χ4n) is 8.12. The van der Waals surface area contributed by atoms with E-state index >= 15 is 0 Å². The molecule has 1 aliphatic heterocycles. The van der Waals surface area contributed by atoms with Crippen LogP contribution in [0.4, 0.5) is 5.69 Å². The van der Waals surface area contributed by atoms with E-state index in [1.54, 1.807) is 4.90 Å². The van der Waals surface area contributed by atoms with Crippen LogP contribution in [0.2, 0.25) is 0 Å². The van der Waals surface area contributed by atoms with Crippen LogP contribution in [0.1, 0.15) is 22.1 Å². The minimum atomic E-state index is -1.26. The van der Waals surface area contributed by atoms with Crippen molar-refractivity contribution in [2.45, 2.75) is 6.23 Å². The number of carbonyl (C=O) groups is 1. The highest BCUT2D eigenvalue weighted by atomic mass is 16.3. The van der Waals surface area contributed by atoms with Crippen molar-refractivity contribution in [3.63, 3.8) is 0 Å². The molecule has 1 atom stereocenters.